The molecule has 136 valence electrons. The van der Waals surface area contributed by atoms with Crippen molar-refractivity contribution < 1.29 is 9.59 Å². The molecule has 25 heavy (non-hydrogen) atoms. The lowest BCUT2D eigenvalue weighted by molar-refractivity contribution is -0.117. The smallest absolute Gasteiger partial charge is 0.253 e. The number of benzene rings is 1. The zero-order chi connectivity index (χ0) is 18.0. The molecule has 2 aliphatic rings. The maximum absolute atomic E-state index is 12.3. The minimum absolute atomic E-state index is 0.0229. The Morgan fingerprint density at radius 2 is 1.96 bits per heavy atom. The third-order valence-electron chi connectivity index (χ3n) is 5.66. The van der Waals surface area contributed by atoms with Gasteiger partial charge in [-0.25, -0.2) is 0 Å². The topological polar surface area (TPSA) is 52.7 Å². The third-order valence-corrected chi connectivity index (χ3v) is 5.66. The summed E-state index contributed by atoms with van der Waals surface area (Å²) in [6, 6.07) is 7.09. The predicted octanol–water partition coefficient (Wildman–Crippen LogP) is 2.84. The van der Waals surface area contributed by atoms with Crippen molar-refractivity contribution in [1.82, 2.24) is 9.80 Å². The van der Waals surface area contributed by atoms with Gasteiger partial charge in [-0.2, -0.15) is 0 Å². The fraction of sp³-hybridized carbons (Fsp3) is 0.600. The van der Waals surface area contributed by atoms with Crippen molar-refractivity contribution in [2.75, 3.05) is 39.0 Å². The molecule has 2 fully saturated rings. The van der Waals surface area contributed by atoms with E-state index in [2.05, 4.69) is 17.1 Å². The predicted molar refractivity (Wildman–Crippen MR) is 99.6 cm³/mol. The van der Waals surface area contributed by atoms with Crippen LogP contribution in [-0.4, -0.2) is 55.3 Å². The summed E-state index contributed by atoms with van der Waals surface area (Å²) in [7, 11) is 3.46. The van der Waals surface area contributed by atoms with E-state index in [-0.39, 0.29) is 11.8 Å². The van der Waals surface area contributed by atoms with Crippen LogP contribution in [0.2, 0.25) is 0 Å². The van der Waals surface area contributed by atoms with E-state index < -0.39 is 0 Å². The van der Waals surface area contributed by atoms with Gasteiger partial charge >= 0.3 is 0 Å². The molecular weight excluding hydrogens is 314 g/mol. The molecule has 1 aromatic rings. The number of anilines is 1. The number of rotatable bonds is 4. The molecule has 0 unspecified atom stereocenters. The normalized spacial score (nSPS) is 26.1. The van der Waals surface area contributed by atoms with E-state index in [1.807, 2.05) is 0 Å². The number of hydrogen-bond acceptors (Lipinski definition) is 3. The molecule has 5 nitrogen and oxygen atoms in total. The van der Waals surface area contributed by atoms with Crippen LogP contribution >= 0.6 is 0 Å². The Labute approximate surface area is 150 Å². The number of carbonyl (C=O) groups excluding carboxylic acids is 2. The van der Waals surface area contributed by atoms with Crippen molar-refractivity contribution in [3.8, 4) is 0 Å². The van der Waals surface area contributed by atoms with Gasteiger partial charge in [-0.1, -0.05) is 13.3 Å². The van der Waals surface area contributed by atoms with E-state index in [0.29, 0.717) is 17.5 Å². The van der Waals surface area contributed by atoms with E-state index in [9.17, 15) is 9.59 Å². The minimum atomic E-state index is -0.0361. The molecule has 0 bridgehead atoms. The van der Waals surface area contributed by atoms with Crippen LogP contribution in [0.3, 0.4) is 0 Å². The molecule has 1 N–H and O–H groups in total. The fourth-order valence-corrected chi connectivity index (χ4v) is 4.39. The molecule has 1 spiro atoms. The first-order chi connectivity index (χ1) is 11.9. The zero-order valence-corrected chi connectivity index (χ0v) is 15.5. The van der Waals surface area contributed by atoms with Gasteiger partial charge < -0.3 is 10.2 Å². The second kappa shape index (κ2) is 7.16. The molecule has 5 heteroatoms. The first kappa shape index (κ1) is 17.9. The van der Waals surface area contributed by atoms with Gasteiger partial charge in [0.05, 0.1) is 6.54 Å². The Balaban J connectivity index is 1.51. The van der Waals surface area contributed by atoms with Crippen molar-refractivity contribution in [3.63, 3.8) is 0 Å². The van der Waals surface area contributed by atoms with Crippen LogP contribution in [0.25, 0.3) is 0 Å². The Hall–Kier alpha value is -1.88. The maximum Gasteiger partial charge on any atom is 0.253 e. The second-order valence-corrected chi connectivity index (χ2v) is 8.13. The van der Waals surface area contributed by atoms with Gasteiger partial charge in [-0.15, -0.1) is 0 Å². The number of hydrogen-bond donors (Lipinski definition) is 1. The van der Waals surface area contributed by atoms with Gasteiger partial charge in [0.25, 0.3) is 5.91 Å². The Morgan fingerprint density at radius 1 is 1.24 bits per heavy atom. The lowest BCUT2D eigenvalue weighted by atomic mass is 9.85. The third kappa shape index (κ3) is 4.21. The van der Waals surface area contributed by atoms with Crippen LogP contribution in [-0.2, 0) is 4.79 Å². The second-order valence-electron chi connectivity index (χ2n) is 8.13. The summed E-state index contributed by atoms with van der Waals surface area (Å²) in [4.78, 5) is 28.1. The van der Waals surface area contributed by atoms with E-state index in [1.165, 1.54) is 25.7 Å². The highest BCUT2D eigenvalue weighted by atomic mass is 16.2. The van der Waals surface area contributed by atoms with Gasteiger partial charge in [0, 0.05) is 31.9 Å². The van der Waals surface area contributed by atoms with Crippen molar-refractivity contribution in [2.45, 2.75) is 32.6 Å². The highest BCUT2D eigenvalue weighted by molar-refractivity contribution is 5.96. The van der Waals surface area contributed by atoms with Crippen LogP contribution < -0.4 is 5.32 Å². The lowest BCUT2D eigenvalue weighted by Crippen LogP contribution is -2.33. The van der Waals surface area contributed by atoms with Gasteiger partial charge in [0.15, 0.2) is 0 Å². The van der Waals surface area contributed by atoms with Crippen LogP contribution in [0.15, 0.2) is 24.3 Å². The van der Waals surface area contributed by atoms with Crippen LogP contribution in [0.5, 0.6) is 0 Å². The first-order valence-corrected chi connectivity index (χ1v) is 9.21. The molecule has 1 saturated heterocycles. The molecule has 2 amide bonds. The average molecular weight is 343 g/mol. The van der Waals surface area contributed by atoms with Crippen LogP contribution in [0, 0.1) is 11.3 Å². The van der Waals surface area contributed by atoms with E-state index in [4.69, 9.17) is 0 Å². The van der Waals surface area contributed by atoms with Crippen LogP contribution in [0.1, 0.15) is 43.0 Å². The van der Waals surface area contributed by atoms with Gasteiger partial charge in [-0.05, 0) is 61.4 Å². The molecule has 0 radical (unpaired) electrons. The molecule has 1 aromatic carbocycles. The van der Waals surface area contributed by atoms with Crippen LogP contribution in [0.4, 0.5) is 5.69 Å². The van der Waals surface area contributed by atoms with E-state index in [1.54, 1.807) is 43.3 Å². The molecular formula is C20H29N3O2. The molecule has 2 atom stereocenters. The number of likely N-dealkylation sites (tertiary alicyclic amines) is 1. The fourth-order valence-electron chi connectivity index (χ4n) is 4.39. The summed E-state index contributed by atoms with van der Waals surface area (Å²) in [6.07, 6.45) is 5.18. The summed E-state index contributed by atoms with van der Waals surface area (Å²) in [5, 5.41) is 2.95. The quantitative estimate of drug-likeness (QED) is 0.915. The Morgan fingerprint density at radius 3 is 2.56 bits per heavy atom. The lowest BCUT2D eigenvalue weighted by Gasteiger charge is -2.23. The Kier molecular flexibility index (Phi) is 5.13. The Bertz CT molecular complexity index is 641. The SMILES string of the molecule is C[C@H]1CC[C@]2(CCN(CC(=O)Nc3ccc(C(=O)N(C)C)cc3)C2)C1. The van der Waals surface area contributed by atoms with Gasteiger partial charge in [-0.3, -0.25) is 14.5 Å². The molecule has 1 aliphatic carbocycles. The standard InChI is InChI=1S/C20H29N3O2/c1-15-8-9-20(12-15)10-11-23(14-20)13-18(24)21-17-6-4-16(5-7-17)19(25)22(2)3/h4-7,15H,8-14H2,1-3H3,(H,21,24)/t15-,20-/m0/s1. The molecule has 1 aliphatic heterocycles. The number of amides is 2. The number of nitrogens with zero attached hydrogens (tertiary/aromatic N) is 2. The maximum atomic E-state index is 12.3. The summed E-state index contributed by atoms with van der Waals surface area (Å²) < 4.78 is 0. The number of nitrogens with one attached hydrogen (secondary N) is 1. The average Bonchev–Trinajstić information content (AvgIpc) is 3.13. The summed E-state index contributed by atoms with van der Waals surface area (Å²) in [5.74, 6) is 0.818. The molecule has 1 heterocycles. The molecule has 1 saturated carbocycles. The summed E-state index contributed by atoms with van der Waals surface area (Å²) >= 11 is 0. The largest absolute Gasteiger partial charge is 0.345 e. The zero-order valence-electron chi connectivity index (χ0n) is 15.5. The minimum Gasteiger partial charge on any atom is -0.345 e. The van der Waals surface area contributed by atoms with Crippen molar-refractivity contribution in [2.24, 2.45) is 11.3 Å². The monoisotopic (exact) mass is 343 g/mol. The number of carbonyl (C=O) groups is 2. The van der Waals surface area contributed by atoms with E-state index >= 15 is 0 Å². The van der Waals surface area contributed by atoms with E-state index in [0.717, 1.165) is 24.7 Å². The first-order valence-electron chi connectivity index (χ1n) is 9.21. The highest BCUT2D eigenvalue weighted by Gasteiger charge is 2.42. The molecule has 0 aromatic heterocycles. The summed E-state index contributed by atoms with van der Waals surface area (Å²) in [5.41, 5.74) is 1.83. The van der Waals surface area contributed by atoms with Gasteiger partial charge in [0.2, 0.25) is 5.91 Å². The molecule has 3 rings (SSSR count). The highest BCUT2D eigenvalue weighted by Crippen LogP contribution is 2.47. The van der Waals surface area contributed by atoms with Crippen molar-refractivity contribution >= 4 is 17.5 Å². The van der Waals surface area contributed by atoms with Crippen molar-refractivity contribution in [3.05, 3.63) is 29.8 Å². The summed E-state index contributed by atoms with van der Waals surface area (Å²) in [6.45, 7) is 4.88. The van der Waals surface area contributed by atoms with Crippen molar-refractivity contribution in [1.29, 1.82) is 0 Å². The van der Waals surface area contributed by atoms with Gasteiger partial charge in [0.1, 0.15) is 0 Å².